The zero-order chi connectivity index (χ0) is 25.0. The molecule has 0 spiro atoms. The number of hydrogen-bond acceptors (Lipinski definition) is 7. The highest BCUT2D eigenvalue weighted by Gasteiger charge is 2.60. The lowest BCUT2D eigenvalue weighted by Gasteiger charge is -2.58. The molecule has 0 radical (unpaired) electrons. The zero-order valence-electron chi connectivity index (χ0n) is 20.4. The van der Waals surface area contributed by atoms with Crippen LogP contribution >= 0.6 is 0 Å². The van der Waals surface area contributed by atoms with Crippen LogP contribution in [0.15, 0.2) is 18.5 Å². The third-order valence-electron chi connectivity index (χ3n) is 8.40. The molecule has 11 heteroatoms. The van der Waals surface area contributed by atoms with Crippen molar-refractivity contribution in [3.63, 3.8) is 0 Å². The van der Waals surface area contributed by atoms with E-state index >= 15 is 0 Å². The summed E-state index contributed by atoms with van der Waals surface area (Å²) in [5, 5.41) is 11.7. The number of hydrogen-bond donors (Lipinski definition) is 3. The van der Waals surface area contributed by atoms with Crippen LogP contribution < -0.4 is 10.6 Å². The normalized spacial score (nSPS) is 28.5. The van der Waals surface area contributed by atoms with Crippen molar-refractivity contribution < 1.29 is 23.9 Å². The summed E-state index contributed by atoms with van der Waals surface area (Å²) in [4.78, 5) is 45.4. The summed E-state index contributed by atoms with van der Waals surface area (Å²) in [7, 11) is 3.01. The Morgan fingerprint density at radius 3 is 2.64 bits per heavy atom. The number of anilines is 1. The minimum atomic E-state index is -0.790. The smallest absolute Gasteiger partial charge is 0.314 e. The van der Waals surface area contributed by atoms with Gasteiger partial charge in [0, 0.05) is 31.4 Å². The van der Waals surface area contributed by atoms with Crippen LogP contribution in [0.25, 0.3) is 21.9 Å². The van der Waals surface area contributed by atoms with Crippen LogP contribution in [0.5, 0.6) is 0 Å². The average molecular weight is 495 g/mol. The van der Waals surface area contributed by atoms with Gasteiger partial charge in [0.15, 0.2) is 5.82 Å². The van der Waals surface area contributed by atoms with E-state index in [1.807, 2.05) is 16.9 Å². The summed E-state index contributed by atoms with van der Waals surface area (Å²) >= 11 is 0. The molecular formula is C25H30N6O5. The summed E-state index contributed by atoms with van der Waals surface area (Å²) in [5.41, 5.74) is 1.21. The first kappa shape index (κ1) is 23.0. The molecule has 4 saturated carbocycles. The number of rotatable bonds is 6. The lowest BCUT2D eigenvalue weighted by molar-refractivity contribution is -0.173. The maximum atomic E-state index is 12.8. The monoisotopic (exact) mass is 494 g/mol. The lowest BCUT2D eigenvalue weighted by atomic mass is 9.48. The molecule has 3 aromatic rings. The van der Waals surface area contributed by atoms with Gasteiger partial charge in [-0.1, -0.05) is 0 Å². The SMILES string of the molecule is COCCNC(=O)C(=O)Nc1nn(C2C3CC4CC2CC(C(=O)OC)(C4)C3)c2c1cnc1[nH]ccc12. The molecule has 4 aliphatic rings. The molecule has 4 bridgehead atoms. The number of pyridine rings is 1. The van der Waals surface area contributed by atoms with E-state index in [1.165, 1.54) is 14.2 Å². The molecule has 2 unspecified atom stereocenters. The molecule has 3 N–H and O–H groups in total. The Balaban J connectivity index is 1.39. The van der Waals surface area contributed by atoms with Crippen LogP contribution in [0, 0.1) is 23.2 Å². The van der Waals surface area contributed by atoms with E-state index in [1.54, 1.807) is 6.20 Å². The molecule has 11 nitrogen and oxygen atoms in total. The number of carbonyl (C=O) groups excluding carboxylic acids is 3. The van der Waals surface area contributed by atoms with Crippen molar-refractivity contribution in [2.75, 3.05) is 32.7 Å². The van der Waals surface area contributed by atoms with Crippen molar-refractivity contribution >= 4 is 45.5 Å². The summed E-state index contributed by atoms with van der Waals surface area (Å²) in [6.07, 6.45) is 8.08. The maximum absolute atomic E-state index is 12.8. The molecule has 7 rings (SSSR count). The van der Waals surface area contributed by atoms with Gasteiger partial charge in [-0.15, -0.1) is 0 Å². The van der Waals surface area contributed by atoms with Gasteiger partial charge in [-0.05, 0) is 55.9 Å². The second-order valence-electron chi connectivity index (χ2n) is 10.5. The van der Waals surface area contributed by atoms with Gasteiger partial charge in [-0.3, -0.25) is 19.1 Å². The molecule has 3 heterocycles. The standard InChI is InChI=1S/C25H30N6O5/c1-35-6-5-27-22(32)23(33)29-21-17-12-28-20-16(3-4-26-20)19(17)31(30-21)18-14-7-13-8-15(18)11-25(9-13,10-14)24(34)36-2/h3-4,12-15,18H,5-11H2,1-2H3,(H,26,28)(H,27,32)(H,29,30,33). The molecule has 4 aliphatic carbocycles. The third-order valence-corrected chi connectivity index (χ3v) is 8.40. The quantitative estimate of drug-likeness (QED) is 0.271. The third kappa shape index (κ3) is 3.47. The largest absolute Gasteiger partial charge is 0.469 e. The molecular weight excluding hydrogens is 464 g/mol. The molecule has 2 amide bonds. The van der Waals surface area contributed by atoms with Crippen molar-refractivity contribution in [3.8, 4) is 0 Å². The molecule has 0 saturated heterocycles. The van der Waals surface area contributed by atoms with Crippen LogP contribution in [0.1, 0.15) is 38.1 Å². The first-order valence-corrected chi connectivity index (χ1v) is 12.4. The van der Waals surface area contributed by atoms with Crippen molar-refractivity contribution in [2.24, 2.45) is 23.2 Å². The summed E-state index contributed by atoms with van der Waals surface area (Å²) in [5.74, 6) is -0.243. The van der Waals surface area contributed by atoms with Crippen molar-refractivity contribution in [1.29, 1.82) is 0 Å². The van der Waals surface area contributed by atoms with Gasteiger partial charge in [-0.25, -0.2) is 4.98 Å². The number of fused-ring (bicyclic) bond motifs is 3. The maximum Gasteiger partial charge on any atom is 0.314 e. The van der Waals surface area contributed by atoms with Crippen LogP contribution in [0.3, 0.4) is 0 Å². The molecule has 190 valence electrons. The fourth-order valence-corrected chi connectivity index (χ4v) is 7.31. The molecule has 36 heavy (non-hydrogen) atoms. The van der Waals surface area contributed by atoms with Gasteiger partial charge in [-0.2, -0.15) is 5.10 Å². The Bertz CT molecular complexity index is 1350. The van der Waals surface area contributed by atoms with Crippen molar-refractivity contribution in [3.05, 3.63) is 18.5 Å². The number of ether oxygens (including phenoxy) is 2. The number of H-pyrrole nitrogens is 1. The molecule has 3 aromatic heterocycles. The van der Waals surface area contributed by atoms with Gasteiger partial charge in [0.2, 0.25) is 0 Å². The molecule has 4 fully saturated rings. The summed E-state index contributed by atoms with van der Waals surface area (Å²) in [6.45, 7) is 0.544. The molecule has 0 aromatic carbocycles. The van der Waals surface area contributed by atoms with E-state index in [4.69, 9.17) is 14.6 Å². The van der Waals surface area contributed by atoms with Crippen LogP contribution in [-0.2, 0) is 23.9 Å². The average Bonchev–Trinajstić information content (AvgIpc) is 3.48. The van der Waals surface area contributed by atoms with E-state index < -0.39 is 17.2 Å². The number of nitrogens with one attached hydrogen (secondary N) is 3. The van der Waals surface area contributed by atoms with Gasteiger partial charge in [0.1, 0.15) is 5.65 Å². The Kier molecular flexibility index (Phi) is 5.47. The minimum Gasteiger partial charge on any atom is -0.469 e. The Hall–Kier alpha value is -3.47. The highest BCUT2D eigenvalue weighted by atomic mass is 16.5. The number of nitrogens with zero attached hydrogens (tertiary/aromatic N) is 3. The molecule has 2 atom stereocenters. The van der Waals surface area contributed by atoms with E-state index in [-0.39, 0.29) is 30.4 Å². The van der Waals surface area contributed by atoms with E-state index in [2.05, 4.69) is 20.6 Å². The number of aromatic nitrogens is 4. The number of carbonyl (C=O) groups is 3. The second kappa shape index (κ2) is 8.58. The van der Waals surface area contributed by atoms with Crippen molar-refractivity contribution in [2.45, 2.75) is 38.1 Å². The molecule has 0 aliphatic heterocycles. The first-order valence-electron chi connectivity index (χ1n) is 12.4. The fourth-order valence-electron chi connectivity index (χ4n) is 7.31. The van der Waals surface area contributed by atoms with E-state index in [0.717, 1.165) is 48.7 Å². The number of aromatic amines is 1. The second-order valence-corrected chi connectivity index (χ2v) is 10.5. The number of methoxy groups -OCH3 is 2. The van der Waals surface area contributed by atoms with Gasteiger partial charge in [0.05, 0.1) is 36.1 Å². The van der Waals surface area contributed by atoms with Gasteiger partial charge in [0.25, 0.3) is 0 Å². The Morgan fingerprint density at radius 1 is 1.14 bits per heavy atom. The fraction of sp³-hybridized carbons (Fsp3) is 0.560. The topological polar surface area (TPSA) is 140 Å². The van der Waals surface area contributed by atoms with Crippen LogP contribution in [0.2, 0.25) is 0 Å². The Labute approximate surface area is 207 Å². The van der Waals surface area contributed by atoms with Crippen molar-refractivity contribution in [1.82, 2.24) is 25.1 Å². The van der Waals surface area contributed by atoms with Crippen LogP contribution in [-0.4, -0.2) is 64.9 Å². The first-order chi connectivity index (χ1) is 17.4. The summed E-state index contributed by atoms with van der Waals surface area (Å²) < 4.78 is 12.2. The predicted octanol–water partition coefficient (Wildman–Crippen LogP) is 2.15. The van der Waals surface area contributed by atoms with Crippen LogP contribution in [0.4, 0.5) is 5.82 Å². The number of amides is 2. The zero-order valence-corrected chi connectivity index (χ0v) is 20.4. The highest BCUT2D eigenvalue weighted by molar-refractivity contribution is 6.40. The lowest BCUT2D eigenvalue weighted by Crippen LogP contribution is -2.54. The predicted molar refractivity (Wildman–Crippen MR) is 130 cm³/mol. The Morgan fingerprint density at radius 2 is 1.92 bits per heavy atom. The number of esters is 1. The van der Waals surface area contributed by atoms with Gasteiger partial charge < -0.3 is 25.1 Å². The highest BCUT2D eigenvalue weighted by Crippen LogP contribution is 2.64. The van der Waals surface area contributed by atoms with E-state index in [0.29, 0.717) is 23.7 Å². The summed E-state index contributed by atoms with van der Waals surface area (Å²) in [6, 6.07) is 2.04. The minimum absolute atomic E-state index is 0.0866. The van der Waals surface area contributed by atoms with E-state index in [9.17, 15) is 14.4 Å². The van der Waals surface area contributed by atoms with Gasteiger partial charge >= 0.3 is 17.8 Å².